The van der Waals surface area contributed by atoms with Crippen molar-refractivity contribution in [2.45, 2.75) is 265 Å². The number of hydrogen-bond acceptors (Lipinski definition) is 6. The van der Waals surface area contributed by atoms with Gasteiger partial charge in [0.2, 0.25) is 0 Å². The van der Waals surface area contributed by atoms with E-state index in [1.54, 1.807) is 0 Å². The molecular weight excluding hydrogens is 697 g/mol. The van der Waals surface area contributed by atoms with E-state index in [0.29, 0.717) is 44.5 Å². The highest BCUT2D eigenvalue weighted by molar-refractivity contribution is 5.70. The number of carbonyl (C=O) groups is 2. The van der Waals surface area contributed by atoms with Gasteiger partial charge in [-0.2, -0.15) is 0 Å². The highest BCUT2D eigenvalue weighted by Gasteiger charge is 2.21. The van der Waals surface area contributed by atoms with E-state index in [-0.39, 0.29) is 24.1 Å². The fourth-order valence-corrected chi connectivity index (χ4v) is 8.37. The van der Waals surface area contributed by atoms with E-state index >= 15 is 0 Å². The van der Waals surface area contributed by atoms with E-state index in [1.165, 1.54) is 161 Å². The molecule has 0 aromatic carbocycles. The highest BCUT2D eigenvalue weighted by Crippen LogP contribution is 2.25. The van der Waals surface area contributed by atoms with Gasteiger partial charge in [-0.05, 0) is 69.6 Å². The summed E-state index contributed by atoms with van der Waals surface area (Å²) >= 11 is 0. The molecule has 0 aromatic heterocycles. The molecule has 1 saturated heterocycles. The standard InChI is InChI=1S/C50H96O6/c1-5-9-13-17-21-25-33-45(34-26-22-18-14-10-6-2)41-48(51)55-43-47(37-29-31-39-53-50-38-30-32-40-54-50)44-56-49(52)42-46(35-27-23-19-15-11-7-3)36-28-24-20-16-12-8-4/h45-47,50H,5-44H2,1-4H3. The van der Waals surface area contributed by atoms with E-state index in [1.807, 2.05) is 0 Å². The Kier molecular flexibility index (Phi) is 38.4. The molecule has 56 heavy (non-hydrogen) atoms. The summed E-state index contributed by atoms with van der Waals surface area (Å²) in [4.78, 5) is 26.7. The van der Waals surface area contributed by atoms with Gasteiger partial charge in [-0.1, -0.05) is 188 Å². The zero-order valence-electron chi connectivity index (χ0n) is 38.0. The van der Waals surface area contributed by atoms with Crippen LogP contribution in [0, 0.1) is 17.8 Å². The molecule has 0 aromatic rings. The summed E-state index contributed by atoms with van der Waals surface area (Å²) in [7, 11) is 0. The van der Waals surface area contributed by atoms with Gasteiger partial charge < -0.3 is 18.9 Å². The lowest BCUT2D eigenvalue weighted by molar-refractivity contribution is -0.163. The van der Waals surface area contributed by atoms with E-state index in [4.69, 9.17) is 18.9 Å². The molecule has 1 rings (SSSR count). The first-order valence-corrected chi connectivity index (χ1v) is 25.1. The van der Waals surface area contributed by atoms with Crippen LogP contribution in [0.15, 0.2) is 0 Å². The minimum Gasteiger partial charge on any atom is -0.465 e. The van der Waals surface area contributed by atoms with Crippen molar-refractivity contribution < 1.29 is 28.5 Å². The largest absolute Gasteiger partial charge is 0.465 e. The van der Waals surface area contributed by atoms with Crippen LogP contribution in [0.3, 0.4) is 0 Å². The van der Waals surface area contributed by atoms with Crippen LogP contribution in [0.2, 0.25) is 0 Å². The Morgan fingerprint density at radius 1 is 0.464 bits per heavy atom. The second-order valence-corrected chi connectivity index (χ2v) is 17.8. The molecule has 1 fully saturated rings. The molecule has 0 spiro atoms. The molecule has 1 unspecified atom stereocenters. The number of ether oxygens (including phenoxy) is 4. The molecular formula is C50H96O6. The Hall–Kier alpha value is -1.14. The lowest BCUT2D eigenvalue weighted by atomic mass is 9.91. The van der Waals surface area contributed by atoms with Crippen molar-refractivity contribution in [3.63, 3.8) is 0 Å². The Balaban J connectivity index is 2.73. The van der Waals surface area contributed by atoms with Crippen LogP contribution in [-0.4, -0.2) is 44.7 Å². The first-order valence-electron chi connectivity index (χ1n) is 25.1. The fourth-order valence-electron chi connectivity index (χ4n) is 8.37. The minimum absolute atomic E-state index is 0.0139. The molecule has 1 atom stereocenters. The van der Waals surface area contributed by atoms with Crippen molar-refractivity contribution >= 4 is 11.9 Å². The third kappa shape index (κ3) is 33.8. The van der Waals surface area contributed by atoms with Gasteiger partial charge in [0.15, 0.2) is 6.29 Å². The van der Waals surface area contributed by atoms with Gasteiger partial charge in [-0.15, -0.1) is 0 Å². The van der Waals surface area contributed by atoms with Crippen LogP contribution in [0.1, 0.15) is 259 Å². The summed E-state index contributed by atoms with van der Waals surface area (Å²) in [5.74, 6) is 0.689. The van der Waals surface area contributed by atoms with Crippen LogP contribution < -0.4 is 0 Å². The molecule has 6 nitrogen and oxygen atoms in total. The van der Waals surface area contributed by atoms with E-state index < -0.39 is 0 Å². The lowest BCUT2D eigenvalue weighted by Crippen LogP contribution is -2.24. The molecule has 0 N–H and O–H groups in total. The monoisotopic (exact) mass is 793 g/mol. The van der Waals surface area contributed by atoms with Crippen molar-refractivity contribution in [1.29, 1.82) is 0 Å². The summed E-state index contributed by atoms with van der Waals surface area (Å²) in [5, 5.41) is 0. The normalized spacial score (nSPS) is 14.7. The average molecular weight is 793 g/mol. The van der Waals surface area contributed by atoms with Crippen LogP contribution in [0.25, 0.3) is 0 Å². The molecule has 1 aliphatic rings. The summed E-state index contributed by atoms with van der Waals surface area (Å²) in [6.07, 6.45) is 42.3. The third-order valence-corrected chi connectivity index (χ3v) is 12.2. The molecule has 0 amide bonds. The Morgan fingerprint density at radius 2 is 0.821 bits per heavy atom. The molecule has 0 saturated carbocycles. The molecule has 1 heterocycles. The predicted molar refractivity (Wildman–Crippen MR) is 237 cm³/mol. The average Bonchev–Trinajstić information content (AvgIpc) is 3.20. The Bertz CT molecular complexity index is 755. The van der Waals surface area contributed by atoms with Gasteiger partial charge in [0.05, 0.1) is 13.2 Å². The van der Waals surface area contributed by atoms with Crippen LogP contribution in [0.4, 0.5) is 0 Å². The van der Waals surface area contributed by atoms with Crippen LogP contribution in [0.5, 0.6) is 0 Å². The minimum atomic E-state index is -0.0704. The summed E-state index contributed by atoms with van der Waals surface area (Å²) < 4.78 is 23.8. The SMILES string of the molecule is CCCCCCCCC(CCCCCCCC)CC(=O)OCC(CCCCOC1CCCCO1)COC(=O)CC(CCCCCCCC)CCCCCCCC. The number of hydrogen-bond donors (Lipinski definition) is 0. The lowest BCUT2D eigenvalue weighted by Gasteiger charge is -2.23. The zero-order chi connectivity index (χ0) is 40.6. The number of esters is 2. The molecule has 6 heteroatoms. The smallest absolute Gasteiger partial charge is 0.306 e. The van der Waals surface area contributed by atoms with Gasteiger partial charge >= 0.3 is 11.9 Å². The van der Waals surface area contributed by atoms with Gasteiger partial charge in [0.1, 0.15) is 0 Å². The van der Waals surface area contributed by atoms with Gasteiger partial charge in [0.25, 0.3) is 0 Å². The topological polar surface area (TPSA) is 71.1 Å². The first-order chi connectivity index (χ1) is 27.5. The van der Waals surface area contributed by atoms with Crippen LogP contribution >= 0.6 is 0 Å². The maximum Gasteiger partial charge on any atom is 0.306 e. The van der Waals surface area contributed by atoms with E-state index in [0.717, 1.165) is 64.4 Å². The second kappa shape index (κ2) is 40.6. The Morgan fingerprint density at radius 3 is 1.20 bits per heavy atom. The van der Waals surface area contributed by atoms with Crippen molar-refractivity contribution in [1.82, 2.24) is 0 Å². The van der Waals surface area contributed by atoms with E-state index in [9.17, 15) is 9.59 Å². The maximum atomic E-state index is 13.3. The van der Waals surface area contributed by atoms with Crippen molar-refractivity contribution in [3.8, 4) is 0 Å². The fraction of sp³-hybridized carbons (Fsp3) is 0.960. The maximum absolute atomic E-state index is 13.3. The molecule has 0 radical (unpaired) electrons. The quantitative estimate of drug-likeness (QED) is 0.0453. The van der Waals surface area contributed by atoms with E-state index in [2.05, 4.69) is 27.7 Å². The summed E-state index contributed by atoms with van der Waals surface area (Å²) in [6.45, 7) is 11.2. The molecule has 1 aliphatic heterocycles. The van der Waals surface area contributed by atoms with Gasteiger partial charge in [-0.3, -0.25) is 9.59 Å². The molecule has 332 valence electrons. The molecule has 0 bridgehead atoms. The van der Waals surface area contributed by atoms with Crippen molar-refractivity contribution in [2.24, 2.45) is 17.8 Å². The number of unbranched alkanes of at least 4 members (excludes halogenated alkanes) is 21. The summed E-state index contributed by atoms with van der Waals surface area (Å²) in [5.41, 5.74) is 0. The number of rotatable bonds is 42. The summed E-state index contributed by atoms with van der Waals surface area (Å²) in [6, 6.07) is 0. The second-order valence-electron chi connectivity index (χ2n) is 17.8. The van der Waals surface area contributed by atoms with Gasteiger partial charge in [0, 0.05) is 32.0 Å². The first kappa shape index (κ1) is 52.9. The predicted octanol–water partition coefficient (Wildman–Crippen LogP) is 15.4. The van der Waals surface area contributed by atoms with Crippen molar-refractivity contribution in [3.05, 3.63) is 0 Å². The van der Waals surface area contributed by atoms with Crippen LogP contribution in [-0.2, 0) is 28.5 Å². The van der Waals surface area contributed by atoms with Gasteiger partial charge in [-0.25, -0.2) is 0 Å². The number of carbonyl (C=O) groups excluding carboxylic acids is 2. The van der Waals surface area contributed by atoms with Crippen molar-refractivity contribution in [2.75, 3.05) is 26.4 Å². The molecule has 0 aliphatic carbocycles. The highest BCUT2D eigenvalue weighted by atomic mass is 16.7. The Labute approximate surface area is 348 Å². The zero-order valence-corrected chi connectivity index (χ0v) is 38.0. The third-order valence-electron chi connectivity index (χ3n) is 12.2.